The number of ether oxygens (including phenoxy) is 2. The molecule has 0 atom stereocenters. The number of hydrogen-bond acceptors (Lipinski definition) is 6. The Kier molecular flexibility index (Phi) is 7.59. The molecule has 4 rings (SSSR count). The summed E-state index contributed by atoms with van der Waals surface area (Å²) in [5, 5.41) is 4.94. The summed E-state index contributed by atoms with van der Waals surface area (Å²) in [5.41, 5.74) is 4.09. The average Bonchev–Trinajstić information content (AvgIpc) is 3.39. The molecule has 0 spiro atoms. The van der Waals surface area contributed by atoms with Crippen molar-refractivity contribution in [2.24, 2.45) is 0 Å². The lowest BCUT2D eigenvalue weighted by Gasteiger charge is -2.30. The molecule has 1 aliphatic rings. The Labute approximate surface area is 203 Å². The fraction of sp³-hybridized carbons (Fsp3) is 0.269. The molecule has 2 amide bonds. The second-order valence-corrected chi connectivity index (χ2v) is 8.90. The van der Waals surface area contributed by atoms with Crippen LogP contribution in [0, 0.1) is 6.92 Å². The smallest absolute Gasteiger partial charge is 0.260 e. The Bertz CT molecular complexity index is 1170. The number of aromatic nitrogens is 1. The zero-order valence-electron chi connectivity index (χ0n) is 19.2. The van der Waals surface area contributed by atoms with E-state index in [4.69, 9.17) is 9.47 Å². The van der Waals surface area contributed by atoms with Crippen LogP contribution >= 0.6 is 11.3 Å². The summed E-state index contributed by atoms with van der Waals surface area (Å²) in [6, 6.07) is 11.1. The normalized spacial score (nSPS) is 12.9. The third-order valence-electron chi connectivity index (χ3n) is 5.75. The van der Waals surface area contributed by atoms with Gasteiger partial charge in [-0.2, -0.15) is 0 Å². The molecule has 0 fully saturated rings. The minimum Gasteiger partial charge on any atom is -0.497 e. The molecule has 0 unspecified atom stereocenters. The third-order valence-corrected chi connectivity index (χ3v) is 6.59. The zero-order valence-corrected chi connectivity index (χ0v) is 20.1. The highest BCUT2D eigenvalue weighted by molar-refractivity contribution is 7.10. The summed E-state index contributed by atoms with van der Waals surface area (Å²) < 4.78 is 10.8. The second-order valence-electron chi connectivity index (χ2n) is 7.92. The van der Waals surface area contributed by atoms with Crippen LogP contribution < -0.4 is 14.8 Å². The van der Waals surface area contributed by atoms with Crippen molar-refractivity contribution in [3.05, 3.63) is 81.3 Å². The van der Waals surface area contributed by atoms with Crippen LogP contribution in [0.1, 0.15) is 27.3 Å². The van der Waals surface area contributed by atoms with Crippen LogP contribution in [0.3, 0.4) is 0 Å². The Morgan fingerprint density at radius 3 is 2.74 bits per heavy atom. The van der Waals surface area contributed by atoms with Crippen LogP contribution in [0.25, 0.3) is 6.08 Å². The number of thiophene rings is 1. The fourth-order valence-electron chi connectivity index (χ4n) is 3.86. The van der Waals surface area contributed by atoms with Crippen molar-refractivity contribution in [1.29, 1.82) is 0 Å². The van der Waals surface area contributed by atoms with E-state index >= 15 is 0 Å². The number of amides is 2. The number of carbonyl (C=O) groups is 2. The van der Waals surface area contributed by atoms with E-state index in [1.807, 2.05) is 36.7 Å². The van der Waals surface area contributed by atoms with Gasteiger partial charge in [0.15, 0.2) is 6.61 Å². The molecule has 1 aliphatic heterocycles. The van der Waals surface area contributed by atoms with Gasteiger partial charge in [0, 0.05) is 42.5 Å². The second kappa shape index (κ2) is 11.0. The largest absolute Gasteiger partial charge is 0.497 e. The van der Waals surface area contributed by atoms with E-state index < -0.39 is 0 Å². The van der Waals surface area contributed by atoms with Crippen molar-refractivity contribution in [2.75, 3.05) is 20.3 Å². The van der Waals surface area contributed by atoms with Crippen molar-refractivity contribution in [1.82, 2.24) is 15.2 Å². The monoisotopic (exact) mass is 477 g/mol. The van der Waals surface area contributed by atoms with Crippen molar-refractivity contribution in [2.45, 2.75) is 26.4 Å². The maximum absolute atomic E-state index is 12.7. The number of nitrogens with zero attached hydrogens (tertiary/aromatic N) is 2. The fourth-order valence-corrected chi connectivity index (χ4v) is 4.47. The van der Waals surface area contributed by atoms with E-state index in [1.165, 1.54) is 0 Å². The molecule has 0 saturated heterocycles. The topological polar surface area (TPSA) is 80.8 Å². The molecule has 0 bridgehead atoms. The Balaban J connectivity index is 1.35. The predicted molar refractivity (Wildman–Crippen MR) is 132 cm³/mol. The maximum Gasteiger partial charge on any atom is 0.260 e. The van der Waals surface area contributed by atoms with Gasteiger partial charge in [-0.15, -0.1) is 11.3 Å². The highest BCUT2D eigenvalue weighted by atomic mass is 32.1. The molecule has 2 aromatic heterocycles. The van der Waals surface area contributed by atoms with Crippen LogP contribution in [0.4, 0.5) is 0 Å². The van der Waals surface area contributed by atoms with Gasteiger partial charge in [0.25, 0.3) is 5.91 Å². The van der Waals surface area contributed by atoms with Gasteiger partial charge in [-0.05, 0) is 71.8 Å². The molecular formula is C26H27N3O4S. The van der Waals surface area contributed by atoms with Crippen LogP contribution in [0.5, 0.6) is 11.5 Å². The molecule has 7 nitrogen and oxygen atoms in total. The first-order valence-corrected chi connectivity index (χ1v) is 11.9. The van der Waals surface area contributed by atoms with Crippen LogP contribution in [0.15, 0.2) is 54.1 Å². The number of nitrogens with one attached hydrogen (secondary N) is 1. The first kappa shape index (κ1) is 23.5. The standard InChI is InChI=1S/C26H27N3O4S/c1-18-24(15-28-25(30)10-9-22-4-3-13-34-22)23-11-12-29(16-19(23)14-27-18)26(31)17-33-21-7-5-20(32-2)6-8-21/h3-10,13-14H,11-12,15-17H2,1-2H3,(H,28,30)/b10-9+. The maximum atomic E-state index is 12.7. The lowest BCUT2D eigenvalue weighted by Crippen LogP contribution is -2.39. The number of pyridine rings is 1. The molecule has 0 saturated carbocycles. The predicted octanol–water partition coefficient (Wildman–Crippen LogP) is 3.75. The number of rotatable bonds is 8. The Morgan fingerprint density at radius 2 is 2.00 bits per heavy atom. The number of fused-ring (bicyclic) bond motifs is 1. The average molecular weight is 478 g/mol. The first-order valence-electron chi connectivity index (χ1n) is 11.0. The van der Waals surface area contributed by atoms with Gasteiger partial charge in [0.1, 0.15) is 11.5 Å². The minimum absolute atomic E-state index is 0.0273. The van der Waals surface area contributed by atoms with Gasteiger partial charge in [-0.1, -0.05) is 6.07 Å². The molecule has 1 aromatic carbocycles. The third kappa shape index (κ3) is 5.82. The zero-order chi connectivity index (χ0) is 23.9. The highest BCUT2D eigenvalue weighted by Gasteiger charge is 2.24. The SMILES string of the molecule is COc1ccc(OCC(=O)N2CCc3c(cnc(C)c3CNC(=O)/C=C/c3cccs3)C2)cc1. The van der Waals surface area contributed by atoms with Gasteiger partial charge < -0.3 is 19.7 Å². The molecule has 8 heteroatoms. The van der Waals surface area contributed by atoms with Gasteiger partial charge in [0.05, 0.1) is 7.11 Å². The summed E-state index contributed by atoms with van der Waals surface area (Å²) in [6.07, 6.45) is 5.90. The van der Waals surface area contributed by atoms with Crippen molar-refractivity contribution < 1.29 is 19.1 Å². The Hall–Kier alpha value is -3.65. The number of benzene rings is 1. The quantitative estimate of drug-likeness (QED) is 0.500. The van der Waals surface area contributed by atoms with E-state index in [-0.39, 0.29) is 18.4 Å². The molecule has 0 radical (unpaired) electrons. The van der Waals surface area contributed by atoms with Crippen molar-refractivity contribution in [3.63, 3.8) is 0 Å². The molecule has 34 heavy (non-hydrogen) atoms. The summed E-state index contributed by atoms with van der Waals surface area (Å²) in [5.74, 6) is 1.14. The van der Waals surface area contributed by atoms with E-state index in [9.17, 15) is 9.59 Å². The first-order chi connectivity index (χ1) is 16.5. The van der Waals surface area contributed by atoms with E-state index in [2.05, 4.69) is 10.3 Å². The molecule has 3 aromatic rings. The lowest BCUT2D eigenvalue weighted by atomic mass is 9.95. The number of carbonyl (C=O) groups excluding carboxylic acids is 2. The van der Waals surface area contributed by atoms with E-state index in [1.54, 1.807) is 53.7 Å². The lowest BCUT2D eigenvalue weighted by molar-refractivity contribution is -0.134. The summed E-state index contributed by atoms with van der Waals surface area (Å²) in [7, 11) is 1.60. The number of hydrogen-bond donors (Lipinski definition) is 1. The number of aryl methyl sites for hydroxylation is 1. The molecule has 1 N–H and O–H groups in total. The molecular weight excluding hydrogens is 450 g/mol. The summed E-state index contributed by atoms with van der Waals surface area (Å²) >= 11 is 1.58. The van der Waals surface area contributed by atoms with Gasteiger partial charge in [-0.3, -0.25) is 14.6 Å². The summed E-state index contributed by atoms with van der Waals surface area (Å²) in [4.78, 5) is 32.3. The minimum atomic E-state index is -0.145. The van der Waals surface area contributed by atoms with Crippen LogP contribution in [-0.4, -0.2) is 42.0 Å². The van der Waals surface area contributed by atoms with Crippen molar-refractivity contribution in [3.8, 4) is 11.5 Å². The molecule has 176 valence electrons. The highest BCUT2D eigenvalue weighted by Crippen LogP contribution is 2.24. The van der Waals surface area contributed by atoms with Crippen LogP contribution in [0.2, 0.25) is 0 Å². The van der Waals surface area contributed by atoms with E-state index in [0.717, 1.165) is 33.0 Å². The van der Waals surface area contributed by atoms with Crippen molar-refractivity contribution >= 4 is 29.2 Å². The Morgan fingerprint density at radius 1 is 1.21 bits per heavy atom. The molecule has 0 aliphatic carbocycles. The van der Waals surface area contributed by atoms with E-state index in [0.29, 0.717) is 31.8 Å². The van der Waals surface area contributed by atoms with Gasteiger partial charge >= 0.3 is 0 Å². The van der Waals surface area contributed by atoms with Gasteiger partial charge in [0.2, 0.25) is 5.91 Å². The van der Waals surface area contributed by atoms with Crippen LogP contribution in [-0.2, 0) is 29.1 Å². The summed E-state index contributed by atoms with van der Waals surface area (Å²) in [6.45, 7) is 3.40. The number of methoxy groups -OCH3 is 1. The molecule has 3 heterocycles. The van der Waals surface area contributed by atoms with Gasteiger partial charge in [-0.25, -0.2) is 0 Å².